The van der Waals surface area contributed by atoms with E-state index in [1.807, 2.05) is 6.92 Å². The Bertz CT molecular complexity index is 491. The topological polar surface area (TPSA) is 81.4 Å². The van der Waals surface area contributed by atoms with Crippen LogP contribution in [0.1, 0.15) is 13.3 Å². The van der Waals surface area contributed by atoms with Gasteiger partial charge in [0, 0.05) is 29.9 Å². The molecule has 0 saturated heterocycles. The average molecular weight is 337 g/mol. The number of benzene rings is 1. The molecular formula is C11H17BrN2O3S. The highest BCUT2D eigenvalue weighted by atomic mass is 79.9. The van der Waals surface area contributed by atoms with Crippen molar-refractivity contribution in [2.45, 2.75) is 18.2 Å². The van der Waals surface area contributed by atoms with Crippen molar-refractivity contribution in [1.29, 1.82) is 0 Å². The maximum absolute atomic E-state index is 11.9. The number of sulfonamides is 1. The highest BCUT2D eigenvalue weighted by Crippen LogP contribution is 2.22. The van der Waals surface area contributed by atoms with E-state index in [0.29, 0.717) is 36.3 Å². The van der Waals surface area contributed by atoms with Gasteiger partial charge in [-0.1, -0.05) is 0 Å². The molecule has 0 unspecified atom stereocenters. The first kappa shape index (κ1) is 15.4. The maximum atomic E-state index is 11.9. The fourth-order valence-corrected chi connectivity index (χ4v) is 2.91. The van der Waals surface area contributed by atoms with Crippen LogP contribution in [0, 0.1) is 0 Å². The molecule has 1 aromatic carbocycles. The first-order valence-electron chi connectivity index (χ1n) is 5.60. The number of hydrogen-bond acceptors (Lipinski definition) is 4. The molecule has 0 atom stereocenters. The molecule has 3 N–H and O–H groups in total. The van der Waals surface area contributed by atoms with Crippen molar-refractivity contribution in [2.24, 2.45) is 0 Å². The molecule has 0 fully saturated rings. The summed E-state index contributed by atoms with van der Waals surface area (Å²) >= 11 is 3.20. The minimum absolute atomic E-state index is 0.194. The minimum atomic E-state index is -3.48. The average Bonchev–Trinajstić information content (AvgIpc) is 2.32. The summed E-state index contributed by atoms with van der Waals surface area (Å²) in [7, 11) is -3.48. The Morgan fingerprint density at radius 1 is 1.44 bits per heavy atom. The number of anilines is 1. The van der Waals surface area contributed by atoms with E-state index in [0.717, 1.165) is 0 Å². The summed E-state index contributed by atoms with van der Waals surface area (Å²) in [5, 5.41) is 0. The fraction of sp³-hybridized carbons (Fsp3) is 0.455. The van der Waals surface area contributed by atoms with Crippen LogP contribution in [0.4, 0.5) is 5.69 Å². The smallest absolute Gasteiger partial charge is 0.240 e. The zero-order valence-corrected chi connectivity index (χ0v) is 12.6. The van der Waals surface area contributed by atoms with Crippen molar-refractivity contribution in [2.75, 3.05) is 25.5 Å². The maximum Gasteiger partial charge on any atom is 0.240 e. The Morgan fingerprint density at radius 3 is 2.78 bits per heavy atom. The summed E-state index contributed by atoms with van der Waals surface area (Å²) in [6, 6.07) is 4.52. The minimum Gasteiger partial charge on any atom is -0.398 e. The van der Waals surface area contributed by atoms with Gasteiger partial charge < -0.3 is 10.5 Å². The van der Waals surface area contributed by atoms with Gasteiger partial charge in [-0.15, -0.1) is 0 Å². The van der Waals surface area contributed by atoms with Crippen LogP contribution in [0.25, 0.3) is 0 Å². The molecule has 102 valence electrons. The van der Waals surface area contributed by atoms with E-state index in [1.165, 1.54) is 12.1 Å². The van der Waals surface area contributed by atoms with Crippen LogP contribution in [-0.4, -0.2) is 28.2 Å². The zero-order valence-electron chi connectivity index (χ0n) is 10.1. The summed E-state index contributed by atoms with van der Waals surface area (Å²) in [6.07, 6.45) is 0.642. The Labute approximate surface area is 116 Å². The number of nitrogens with one attached hydrogen (secondary N) is 1. The molecule has 5 nitrogen and oxygen atoms in total. The molecular weight excluding hydrogens is 320 g/mol. The number of nitrogens with two attached hydrogens (primary N) is 1. The molecule has 0 bridgehead atoms. The lowest BCUT2D eigenvalue weighted by Crippen LogP contribution is -2.25. The normalized spacial score (nSPS) is 11.7. The van der Waals surface area contributed by atoms with Crippen LogP contribution in [0.2, 0.25) is 0 Å². The van der Waals surface area contributed by atoms with E-state index in [-0.39, 0.29) is 4.90 Å². The van der Waals surface area contributed by atoms with Crippen LogP contribution < -0.4 is 10.5 Å². The molecule has 0 aliphatic carbocycles. The Morgan fingerprint density at radius 2 is 2.17 bits per heavy atom. The van der Waals surface area contributed by atoms with Crippen molar-refractivity contribution in [3.05, 3.63) is 22.7 Å². The standard InChI is InChI=1S/C11H17BrN2O3S/c1-2-17-7-3-6-14-18(15,16)9-4-5-11(13)10(12)8-9/h4-5,8,14H,2-3,6-7,13H2,1H3. The lowest BCUT2D eigenvalue weighted by molar-refractivity contribution is 0.146. The summed E-state index contributed by atoms with van der Waals surface area (Å²) in [5.41, 5.74) is 6.11. The molecule has 0 aliphatic heterocycles. The molecule has 1 rings (SSSR count). The molecule has 0 heterocycles. The van der Waals surface area contributed by atoms with E-state index >= 15 is 0 Å². The van der Waals surface area contributed by atoms with E-state index in [4.69, 9.17) is 10.5 Å². The number of rotatable bonds is 7. The molecule has 0 radical (unpaired) electrons. The summed E-state index contributed by atoms with van der Waals surface area (Å²) in [5.74, 6) is 0. The first-order valence-corrected chi connectivity index (χ1v) is 7.87. The van der Waals surface area contributed by atoms with Crippen LogP contribution in [0.3, 0.4) is 0 Å². The Balaban J connectivity index is 2.60. The fourth-order valence-electron chi connectivity index (χ4n) is 1.28. The van der Waals surface area contributed by atoms with Crippen LogP contribution in [0.15, 0.2) is 27.6 Å². The third kappa shape index (κ3) is 4.56. The van der Waals surface area contributed by atoms with E-state index < -0.39 is 10.0 Å². The molecule has 18 heavy (non-hydrogen) atoms. The highest BCUT2D eigenvalue weighted by Gasteiger charge is 2.14. The monoisotopic (exact) mass is 336 g/mol. The quantitative estimate of drug-likeness (QED) is 0.587. The molecule has 0 aliphatic rings. The van der Waals surface area contributed by atoms with Gasteiger partial charge in [-0.3, -0.25) is 0 Å². The molecule has 0 saturated carbocycles. The van der Waals surface area contributed by atoms with Crippen molar-refractivity contribution >= 4 is 31.6 Å². The van der Waals surface area contributed by atoms with E-state index in [9.17, 15) is 8.42 Å². The van der Waals surface area contributed by atoms with Gasteiger partial charge >= 0.3 is 0 Å². The third-order valence-corrected chi connectivity index (χ3v) is 4.39. The van der Waals surface area contributed by atoms with Crippen molar-refractivity contribution < 1.29 is 13.2 Å². The van der Waals surface area contributed by atoms with Crippen molar-refractivity contribution in [1.82, 2.24) is 4.72 Å². The van der Waals surface area contributed by atoms with E-state index in [1.54, 1.807) is 6.07 Å². The summed E-state index contributed by atoms with van der Waals surface area (Å²) in [4.78, 5) is 0.194. The number of nitrogen functional groups attached to an aromatic ring is 1. The third-order valence-electron chi connectivity index (χ3n) is 2.24. The van der Waals surface area contributed by atoms with Gasteiger partial charge in [-0.25, -0.2) is 13.1 Å². The van der Waals surface area contributed by atoms with Gasteiger partial charge in [-0.05, 0) is 47.5 Å². The summed E-state index contributed by atoms with van der Waals surface area (Å²) < 4.78 is 32.0. The Kier molecular flexibility index (Phi) is 6.07. The predicted molar refractivity (Wildman–Crippen MR) is 74.9 cm³/mol. The Hall–Kier alpha value is -0.630. The molecule has 0 amide bonds. The number of halogens is 1. The van der Waals surface area contributed by atoms with Gasteiger partial charge in [0.2, 0.25) is 10.0 Å². The lowest BCUT2D eigenvalue weighted by atomic mass is 10.3. The predicted octanol–water partition coefficient (Wildman–Crippen LogP) is 1.74. The van der Waals surface area contributed by atoms with Gasteiger partial charge in [-0.2, -0.15) is 0 Å². The van der Waals surface area contributed by atoms with Crippen LogP contribution in [0.5, 0.6) is 0 Å². The van der Waals surface area contributed by atoms with Crippen molar-refractivity contribution in [3.8, 4) is 0 Å². The first-order chi connectivity index (χ1) is 8.47. The van der Waals surface area contributed by atoms with Crippen molar-refractivity contribution in [3.63, 3.8) is 0 Å². The van der Waals surface area contributed by atoms with Crippen LogP contribution in [-0.2, 0) is 14.8 Å². The SMILES string of the molecule is CCOCCCNS(=O)(=O)c1ccc(N)c(Br)c1. The lowest BCUT2D eigenvalue weighted by Gasteiger charge is -2.08. The number of ether oxygens (including phenoxy) is 1. The second-order valence-electron chi connectivity index (χ2n) is 3.63. The molecule has 7 heteroatoms. The van der Waals surface area contributed by atoms with Gasteiger partial charge in [0.1, 0.15) is 0 Å². The van der Waals surface area contributed by atoms with Crippen LogP contribution >= 0.6 is 15.9 Å². The van der Waals surface area contributed by atoms with Gasteiger partial charge in [0.25, 0.3) is 0 Å². The molecule has 1 aromatic rings. The zero-order chi connectivity index (χ0) is 13.6. The summed E-state index contributed by atoms with van der Waals surface area (Å²) in [6.45, 7) is 3.43. The second-order valence-corrected chi connectivity index (χ2v) is 6.25. The number of hydrogen-bond donors (Lipinski definition) is 2. The second kappa shape index (κ2) is 7.08. The highest BCUT2D eigenvalue weighted by molar-refractivity contribution is 9.10. The molecule has 0 aromatic heterocycles. The van der Waals surface area contributed by atoms with Gasteiger partial charge in [0.15, 0.2) is 0 Å². The van der Waals surface area contributed by atoms with E-state index in [2.05, 4.69) is 20.7 Å². The van der Waals surface area contributed by atoms with Gasteiger partial charge in [0.05, 0.1) is 4.90 Å². The molecule has 0 spiro atoms. The largest absolute Gasteiger partial charge is 0.398 e.